The number of amides is 1. The van der Waals surface area contributed by atoms with Crippen molar-refractivity contribution in [2.45, 2.75) is 19.8 Å². The number of anilines is 1. The van der Waals surface area contributed by atoms with Gasteiger partial charge in [-0.25, -0.2) is 9.97 Å². The third kappa shape index (κ3) is 4.18. The maximum Gasteiger partial charge on any atom is 0.223 e. The van der Waals surface area contributed by atoms with Crippen LogP contribution in [0.4, 0.5) is 5.82 Å². The van der Waals surface area contributed by atoms with Gasteiger partial charge in [0, 0.05) is 41.4 Å². The number of fused-ring (bicyclic) bond motifs is 1. The number of pyridine rings is 1. The predicted molar refractivity (Wildman–Crippen MR) is 135 cm³/mol. The van der Waals surface area contributed by atoms with Crippen LogP contribution in [0.5, 0.6) is 0 Å². The fourth-order valence-corrected chi connectivity index (χ4v) is 4.66. The monoisotopic (exact) mass is 505 g/mol. The fraction of sp³-hybridized carbons (Fsp3) is 0.240. The summed E-state index contributed by atoms with van der Waals surface area (Å²) in [5, 5.41) is 15.0. The molecule has 0 radical (unpaired) electrons. The van der Waals surface area contributed by atoms with Gasteiger partial charge in [0.15, 0.2) is 5.65 Å². The van der Waals surface area contributed by atoms with Crippen LogP contribution in [0.1, 0.15) is 25.5 Å². The number of nitrogens with two attached hydrogens (primary N) is 1. The largest absolute Gasteiger partial charge is 0.369 e. The summed E-state index contributed by atoms with van der Waals surface area (Å²) in [6, 6.07) is 14.7. The minimum absolute atomic E-state index is 0.283. The molecule has 0 spiro atoms. The van der Waals surface area contributed by atoms with Crippen molar-refractivity contribution >= 4 is 40.6 Å². The van der Waals surface area contributed by atoms with Crippen LogP contribution >= 0.6 is 23.2 Å². The van der Waals surface area contributed by atoms with E-state index in [2.05, 4.69) is 14.9 Å². The van der Waals surface area contributed by atoms with E-state index in [1.165, 1.54) is 0 Å². The molecular formula is C25H21Cl2N7O. The number of nitriles is 1. The third-order valence-corrected chi connectivity index (χ3v) is 7.05. The molecule has 1 aliphatic rings. The van der Waals surface area contributed by atoms with Crippen molar-refractivity contribution in [2.75, 3.05) is 18.0 Å². The van der Waals surface area contributed by atoms with E-state index in [4.69, 9.17) is 39.3 Å². The summed E-state index contributed by atoms with van der Waals surface area (Å²) in [4.78, 5) is 22.9. The zero-order chi connectivity index (χ0) is 24.7. The SMILES string of the molecule is CC1(C(N)=O)CCN(c2cc(Cl)nc3c(-c4ccc(Cl)cc4)c(-c4ccc(C#N)nc4)nn23)CC1. The normalized spacial score (nSPS) is 15.2. The molecule has 1 aromatic carbocycles. The molecule has 35 heavy (non-hydrogen) atoms. The van der Waals surface area contributed by atoms with Gasteiger partial charge in [0.1, 0.15) is 28.4 Å². The molecule has 4 heterocycles. The van der Waals surface area contributed by atoms with Crippen LogP contribution in [0.25, 0.3) is 28.0 Å². The van der Waals surface area contributed by atoms with E-state index in [0.717, 1.165) is 22.5 Å². The van der Waals surface area contributed by atoms with Crippen molar-refractivity contribution in [1.29, 1.82) is 5.26 Å². The van der Waals surface area contributed by atoms with Crippen LogP contribution in [-0.2, 0) is 4.79 Å². The second-order valence-corrected chi connectivity index (χ2v) is 9.68. The first-order chi connectivity index (χ1) is 16.8. The lowest BCUT2D eigenvalue weighted by Gasteiger charge is -2.38. The molecule has 1 aliphatic heterocycles. The Morgan fingerprint density at radius 3 is 2.40 bits per heavy atom. The van der Waals surface area contributed by atoms with E-state index in [1.807, 2.05) is 43.3 Å². The molecule has 0 unspecified atom stereocenters. The highest BCUT2D eigenvalue weighted by Gasteiger charge is 2.36. The van der Waals surface area contributed by atoms with Gasteiger partial charge in [-0.2, -0.15) is 14.9 Å². The average Bonchev–Trinajstić information content (AvgIpc) is 3.24. The molecule has 3 aromatic heterocycles. The van der Waals surface area contributed by atoms with Crippen molar-refractivity contribution in [3.8, 4) is 28.5 Å². The van der Waals surface area contributed by atoms with E-state index in [0.29, 0.717) is 53.1 Å². The zero-order valence-corrected chi connectivity index (χ0v) is 20.4. The van der Waals surface area contributed by atoms with E-state index in [9.17, 15) is 4.79 Å². The minimum Gasteiger partial charge on any atom is -0.369 e. The summed E-state index contributed by atoms with van der Waals surface area (Å²) in [7, 11) is 0. The summed E-state index contributed by atoms with van der Waals surface area (Å²) in [5.74, 6) is 0.490. The number of piperidine rings is 1. The smallest absolute Gasteiger partial charge is 0.223 e. The molecule has 5 rings (SSSR count). The molecule has 4 aromatic rings. The summed E-state index contributed by atoms with van der Waals surface area (Å²) in [5.41, 5.74) is 9.03. The summed E-state index contributed by atoms with van der Waals surface area (Å²) < 4.78 is 1.77. The van der Waals surface area contributed by atoms with Gasteiger partial charge in [-0.15, -0.1) is 0 Å². The summed E-state index contributed by atoms with van der Waals surface area (Å²) in [6.45, 7) is 3.15. The number of carbonyl (C=O) groups excluding carboxylic acids is 1. The Bertz CT molecular complexity index is 1470. The van der Waals surface area contributed by atoms with Crippen molar-refractivity contribution in [3.05, 3.63) is 64.5 Å². The number of halogens is 2. The van der Waals surface area contributed by atoms with Gasteiger partial charge in [-0.3, -0.25) is 4.79 Å². The van der Waals surface area contributed by atoms with Gasteiger partial charge in [-0.05, 0) is 42.7 Å². The molecule has 0 saturated carbocycles. The molecule has 1 amide bonds. The number of benzene rings is 1. The average molecular weight is 506 g/mol. The van der Waals surface area contributed by atoms with Gasteiger partial charge >= 0.3 is 0 Å². The molecular weight excluding hydrogens is 485 g/mol. The Kier molecular flexibility index (Phi) is 5.83. The number of hydrogen-bond acceptors (Lipinski definition) is 6. The molecule has 0 aliphatic carbocycles. The van der Waals surface area contributed by atoms with E-state index in [1.54, 1.807) is 22.8 Å². The van der Waals surface area contributed by atoms with Gasteiger partial charge in [0.05, 0.1) is 5.56 Å². The molecule has 2 N–H and O–H groups in total. The van der Waals surface area contributed by atoms with E-state index in [-0.39, 0.29) is 5.91 Å². The first-order valence-electron chi connectivity index (χ1n) is 11.1. The van der Waals surface area contributed by atoms with Crippen molar-refractivity contribution in [2.24, 2.45) is 11.1 Å². The minimum atomic E-state index is -0.537. The highest BCUT2D eigenvalue weighted by atomic mass is 35.5. The van der Waals surface area contributed by atoms with Crippen LogP contribution in [0, 0.1) is 16.7 Å². The van der Waals surface area contributed by atoms with Crippen LogP contribution in [-0.4, -0.2) is 38.6 Å². The predicted octanol–water partition coefficient (Wildman–Crippen LogP) is 4.73. The number of rotatable bonds is 4. The van der Waals surface area contributed by atoms with Gasteiger partial charge in [0.25, 0.3) is 0 Å². The lowest BCUT2D eigenvalue weighted by atomic mass is 9.80. The maximum absolute atomic E-state index is 11.9. The van der Waals surface area contributed by atoms with E-state index >= 15 is 0 Å². The number of primary amides is 1. The molecule has 8 nitrogen and oxygen atoms in total. The second kappa shape index (κ2) is 8.84. The lowest BCUT2D eigenvalue weighted by molar-refractivity contribution is -0.127. The Morgan fingerprint density at radius 2 is 1.80 bits per heavy atom. The first-order valence-corrected chi connectivity index (χ1v) is 11.8. The number of carbonyl (C=O) groups is 1. The third-order valence-electron chi connectivity index (χ3n) is 6.61. The van der Waals surface area contributed by atoms with Crippen molar-refractivity contribution in [1.82, 2.24) is 19.6 Å². The molecule has 1 saturated heterocycles. The highest BCUT2D eigenvalue weighted by molar-refractivity contribution is 6.30. The van der Waals surface area contributed by atoms with Crippen LogP contribution in [0.15, 0.2) is 48.7 Å². The second-order valence-electron chi connectivity index (χ2n) is 8.86. The summed E-state index contributed by atoms with van der Waals surface area (Å²) >= 11 is 12.6. The summed E-state index contributed by atoms with van der Waals surface area (Å²) in [6.07, 6.45) is 2.88. The number of nitrogens with zero attached hydrogens (tertiary/aromatic N) is 6. The standard InChI is InChI=1S/C25H21Cl2N7O/c1-25(24(29)35)8-10-33(11-9-25)20-12-19(27)31-23-21(15-2-5-17(26)6-3-15)22(32-34(20)23)16-4-7-18(13-28)30-14-16/h2-7,12,14H,8-11H2,1H3,(H2,29,35). The number of hydrogen-bond donors (Lipinski definition) is 1. The van der Waals surface area contributed by atoms with Crippen molar-refractivity contribution < 1.29 is 4.79 Å². The Hall–Kier alpha value is -3.67. The number of aromatic nitrogens is 4. The van der Waals surface area contributed by atoms with Crippen LogP contribution in [0.3, 0.4) is 0 Å². The molecule has 10 heteroatoms. The van der Waals surface area contributed by atoms with Gasteiger partial charge in [0.2, 0.25) is 5.91 Å². The van der Waals surface area contributed by atoms with E-state index < -0.39 is 5.41 Å². The van der Waals surface area contributed by atoms with Gasteiger partial charge in [-0.1, -0.05) is 42.3 Å². The fourth-order valence-electron chi connectivity index (χ4n) is 4.36. The van der Waals surface area contributed by atoms with Crippen molar-refractivity contribution in [3.63, 3.8) is 0 Å². The highest BCUT2D eigenvalue weighted by Crippen LogP contribution is 2.39. The quantitative estimate of drug-likeness (QED) is 0.401. The molecule has 1 fully saturated rings. The van der Waals surface area contributed by atoms with Gasteiger partial charge < -0.3 is 10.6 Å². The molecule has 176 valence electrons. The Balaban J connectivity index is 1.69. The Morgan fingerprint density at radius 1 is 1.11 bits per heavy atom. The lowest BCUT2D eigenvalue weighted by Crippen LogP contribution is -2.46. The first kappa shape index (κ1) is 23.1. The molecule has 0 atom stereocenters. The van der Waals surface area contributed by atoms with Crippen LogP contribution in [0.2, 0.25) is 10.2 Å². The topological polar surface area (TPSA) is 113 Å². The zero-order valence-electron chi connectivity index (χ0n) is 18.9. The van der Waals surface area contributed by atoms with Crippen LogP contribution < -0.4 is 10.6 Å². The molecule has 0 bridgehead atoms. The Labute approximate surface area is 211 Å². The maximum atomic E-state index is 11.9.